The van der Waals surface area contributed by atoms with E-state index in [1.165, 1.54) is 95.5 Å². The lowest BCUT2D eigenvalue weighted by Gasteiger charge is -2.08. The first-order valence-corrected chi connectivity index (χ1v) is 11.1. The van der Waals surface area contributed by atoms with Gasteiger partial charge in [0.1, 0.15) is 5.75 Å². The molecule has 1 heteroatoms. The third-order valence-electron chi connectivity index (χ3n) is 5.27. The summed E-state index contributed by atoms with van der Waals surface area (Å²) >= 11 is 0. The molecule has 144 valence electrons. The van der Waals surface area contributed by atoms with Crippen molar-refractivity contribution in [3.05, 3.63) is 29.3 Å². The molecule has 0 aromatic heterocycles. The monoisotopic (exact) mass is 346 g/mol. The van der Waals surface area contributed by atoms with Crippen LogP contribution in [-0.2, 0) is 12.8 Å². The van der Waals surface area contributed by atoms with E-state index in [-0.39, 0.29) is 0 Å². The van der Waals surface area contributed by atoms with Gasteiger partial charge >= 0.3 is 0 Å². The third-order valence-corrected chi connectivity index (χ3v) is 5.27. The van der Waals surface area contributed by atoms with Crippen molar-refractivity contribution in [2.45, 2.75) is 117 Å². The maximum Gasteiger partial charge on any atom is 0.119 e. The highest BCUT2D eigenvalue weighted by Gasteiger charge is 2.03. The molecule has 0 atom stereocenters. The number of phenols is 1. The lowest BCUT2D eigenvalue weighted by Crippen LogP contribution is -1.91. The molecule has 0 aliphatic rings. The lowest BCUT2D eigenvalue weighted by atomic mass is 10.00. The number of aryl methyl sites for hydroxylation is 2. The summed E-state index contributed by atoms with van der Waals surface area (Å²) in [5.41, 5.74) is 2.44. The minimum Gasteiger partial charge on any atom is -0.508 e. The van der Waals surface area contributed by atoms with Crippen LogP contribution in [0.15, 0.2) is 18.2 Å². The second-order valence-electron chi connectivity index (χ2n) is 7.71. The van der Waals surface area contributed by atoms with Gasteiger partial charge in [0.15, 0.2) is 0 Å². The zero-order chi connectivity index (χ0) is 18.2. The van der Waals surface area contributed by atoms with Gasteiger partial charge in [-0.15, -0.1) is 0 Å². The van der Waals surface area contributed by atoms with Crippen molar-refractivity contribution in [1.29, 1.82) is 0 Å². The van der Waals surface area contributed by atoms with Gasteiger partial charge in [0.05, 0.1) is 0 Å². The first kappa shape index (κ1) is 22.1. The van der Waals surface area contributed by atoms with Gasteiger partial charge in [-0.3, -0.25) is 0 Å². The highest BCUT2D eigenvalue weighted by atomic mass is 16.3. The number of phenolic OH excluding ortho intramolecular Hbond substituents is 1. The van der Waals surface area contributed by atoms with Crippen molar-refractivity contribution in [3.63, 3.8) is 0 Å². The van der Waals surface area contributed by atoms with Crippen LogP contribution in [-0.4, -0.2) is 5.11 Å². The number of aromatic hydroxyl groups is 1. The van der Waals surface area contributed by atoms with Gasteiger partial charge in [0, 0.05) is 0 Å². The molecule has 1 nitrogen and oxygen atoms in total. The van der Waals surface area contributed by atoms with E-state index in [2.05, 4.69) is 26.0 Å². The molecule has 0 saturated carbocycles. The van der Waals surface area contributed by atoms with E-state index in [1.807, 2.05) is 6.07 Å². The van der Waals surface area contributed by atoms with E-state index in [0.717, 1.165) is 18.4 Å². The summed E-state index contributed by atoms with van der Waals surface area (Å²) in [6.45, 7) is 4.53. The molecule has 0 radical (unpaired) electrons. The summed E-state index contributed by atoms with van der Waals surface area (Å²) in [7, 11) is 0. The summed E-state index contributed by atoms with van der Waals surface area (Å²) in [5.74, 6) is 0.520. The quantitative estimate of drug-likeness (QED) is 0.301. The Bertz CT molecular complexity index is 424. The van der Waals surface area contributed by atoms with Crippen LogP contribution in [0.4, 0.5) is 0 Å². The van der Waals surface area contributed by atoms with Crippen LogP contribution in [0.3, 0.4) is 0 Å². The number of benzene rings is 1. The predicted molar refractivity (Wildman–Crippen MR) is 112 cm³/mol. The van der Waals surface area contributed by atoms with Crippen LogP contribution < -0.4 is 0 Å². The summed E-state index contributed by atoms with van der Waals surface area (Å²) in [5, 5.41) is 10.3. The fourth-order valence-electron chi connectivity index (χ4n) is 3.54. The number of unbranched alkanes of at least 4 members (excludes halogenated alkanes) is 12. The van der Waals surface area contributed by atoms with Crippen molar-refractivity contribution in [1.82, 2.24) is 0 Å². The molecule has 0 fully saturated rings. The van der Waals surface area contributed by atoms with Crippen LogP contribution in [0.2, 0.25) is 0 Å². The van der Waals surface area contributed by atoms with Crippen LogP contribution in [0, 0.1) is 0 Å². The minimum absolute atomic E-state index is 0.520. The molecule has 0 saturated heterocycles. The largest absolute Gasteiger partial charge is 0.508 e. The Labute approximate surface area is 157 Å². The fraction of sp³-hybridized carbons (Fsp3) is 0.750. The zero-order valence-electron chi connectivity index (χ0n) is 17.0. The molecule has 25 heavy (non-hydrogen) atoms. The Balaban J connectivity index is 2.14. The van der Waals surface area contributed by atoms with Gasteiger partial charge in [0.25, 0.3) is 0 Å². The normalized spacial score (nSPS) is 11.1. The molecule has 0 aliphatic carbocycles. The van der Waals surface area contributed by atoms with E-state index >= 15 is 0 Å². The van der Waals surface area contributed by atoms with E-state index in [0.29, 0.717) is 5.75 Å². The minimum atomic E-state index is 0.520. The lowest BCUT2D eigenvalue weighted by molar-refractivity contribution is 0.465. The highest BCUT2D eigenvalue weighted by Crippen LogP contribution is 2.23. The SMILES string of the molecule is CCCCCCCCCc1ccc(CCCCCCCCC)c(O)c1. The van der Waals surface area contributed by atoms with Crippen LogP contribution in [0.25, 0.3) is 0 Å². The van der Waals surface area contributed by atoms with Gasteiger partial charge in [-0.05, 0) is 42.9 Å². The average Bonchev–Trinajstić information content (AvgIpc) is 2.61. The molecule has 0 aliphatic heterocycles. The van der Waals surface area contributed by atoms with Crippen molar-refractivity contribution in [3.8, 4) is 5.75 Å². The Morgan fingerprint density at radius 1 is 0.600 bits per heavy atom. The summed E-state index contributed by atoms with van der Waals surface area (Å²) in [6, 6.07) is 6.39. The molecular weight excluding hydrogens is 304 g/mol. The summed E-state index contributed by atoms with van der Waals surface area (Å²) < 4.78 is 0. The Morgan fingerprint density at radius 3 is 1.60 bits per heavy atom. The average molecular weight is 347 g/mol. The Morgan fingerprint density at radius 2 is 1.08 bits per heavy atom. The van der Waals surface area contributed by atoms with Crippen molar-refractivity contribution in [2.75, 3.05) is 0 Å². The van der Waals surface area contributed by atoms with E-state index in [4.69, 9.17) is 0 Å². The van der Waals surface area contributed by atoms with Gasteiger partial charge in [-0.1, -0.05) is 103 Å². The van der Waals surface area contributed by atoms with E-state index in [9.17, 15) is 5.11 Å². The standard InChI is InChI=1S/C24H42O/c1-3-5-7-9-11-13-15-17-22-19-20-23(24(25)21-22)18-16-14-12-10-8-6-4-2/h19-21,25H,3-18H2,1-2H3. The predicted octanol–water partition coefficient (Wildman–Crippen LogP) is 7.98. The molecule has 0 bridgehead atoms. The van der Waals surface area contributed by atoms with Crippen molar-refractivity contribution >= 4 is 0 Å². The van der Waals surface area contributed by atoms with Crippen LogP contribution in [0.5, 0.6) is 5.75 Å². The van der Waals surface area contributed by atoms with Crippen molar-refractivity contribution < 1.29 is 5.11 Å². The second-order valence-corrected chi connectivity index (χ2v) is 7.71. The van der Waals surface area contributed by atoms with Gasteiger partial charge in [0.2, 0.25) is 0 Å². The highest BCUT2D eigenvalue weighted by molar-refractivity contribution is 5.36. The van der Waals surface area contributed by atoms with Gasteiger partial charge in [-0.2, -0.15) is 0 Å². The number of hydrogen-bond acceptors (Lipinski definition) is 1. The molecule has 0 amide bonds. The molecular formula is C24H42O. The topological polar surface area (TPSA) is 20.2 Å². The molecule has 1 rings (SSSR count). The molecule has 1 aromatic rings. The molecule has 0 heterocycles. The maximum atomic E-state index is 10.3. The smallest absolute Gasteiger partial charge is 0.119 e. The van der Waals surface area contributed by atoms with Gasteiger partial charge < -0.3 is 5.11 Å². The Hall–Kier alpha value is -0.980. The second kappa shape index (κ2) is 15.3. The zero-order valence-corrected chi connectivity index (χ0v) is 17.0. The molecule has 1 aromatic carbocycles. The first-order valence-electron chi connectivity index (χ1n) is 11.1. The fourth-order valence-corrected chi connectivity index (χ4v) is 3.54. The first-order chi connectivity index (χ1) is 12.3. The molecule has 0 spiro atoms. The van der Waals surface area contributed by atoms with E-state index < -0.39 is 0 Å². The summed E-state index contributed by atoms with van der Waals surface area (Å²) in [6.07, 6.45) is 20.9. The maximum absolute atomic E-state index is 10.3. The molecule has 0 unspecified atom stereocenters. The molecule has 1 N–H and O–H groups in total. The number of rotatable bonds is 16. The van der Waals surface area contributed by atoms with Crippen LogP contribution >= 0.6 is 0 Å². The van der Waals surface area contributed by atoms with Gasteiger partial charge in [-0.25, -0.2) is 0 Å². The Kier molecular flexibility index (Phi) is 13.5. The van der Waals surface area contributed by atoms with E-state index in [1.54, 1.807) is 0 Å². The third kappa shape index (κ3) is 11.3. The number of hydrogen-bond donors (Lipinski definition) is 1. The van der Waals surface area contributed by atoms with Crippen molar-refractivity contribution in [2.24, 2.45) is 0 Å². The summed E-state index contributed by atoms with van der Waals surface area (Å²) in [4.78, 5) is 0. The van der Waals surface area contributed by atoms with Crippen LogP contribution in [0.1, 0.15) is 115 Å².